The third-order valence-corrected chi connectivity index (χ3v) is 3.55. The highest BCUT2D eigenvalue weighted by Gasteiger charge is 2.08. The number of carbonyl (C=O) groups is 1. The van der Waals surface area contributed by atoms with E-state index in [1.807, 2.05) is 6.07 Å². The van der Waals surface area contributed by atoms with E-state index >= 15 is 0 Å². The number of halogens is 1. The maximum atomic E-state index is 13.4. The van der Waals surface area contributed by atoms with Gasteiger partial charge in [-0.1, -0.05) is 6.07 Å². The van der Waals surface area contributed by atoms with Gasteiger partial charge in [0.1, 0.15) is 5.82 Å². The number of carbonyl (C=O) groups excluding carboxylic acids is 1. The molecule has 2 aromatic rings. The van der Waals surface area contributed by atoms with Crippen LogP contribution in [0.5, 0.6) is 11.5 Å². The molecule has 2 aromatic carbocycles. The van der Waals surface area contributed by atoms with E-state index in [0.29, 0.717) is 41.3 Å². The zero-order valence-electron chi connectivity index (χ0n) is 14.1. The van der Waals surface area contributed by atoms with E-state index in [9.17, 15) is 9.18 Å². The van der Waals surface area contributed by atoms with Crippen molar-refractivity contribution in [2.45, 2.75) is 19.8 Å². The molecule has 2 rings (SSSR count). The van der Waals surface area contributed by atoms with Gasteiger partial charge in [-0.3, -0.25) is 4.79 Å². The molecule has 5 nitrogen and oxygen atoms in total. The molecule has 0 bridgehead atoms. The van der Waals surface area contributed by atoms with Crippen molar-refractivity contribution in [3.63, 3.8) is 0 Å². The summed E-state index contributed by atoms with van der Waals surface area (Å²) in [6.07, 6.45) is 0.734. The van der Waals surface area contributed by atoms with Crippen molar-refractivity contribution in [1.29, 1.82) is 5.26 Å². The van der Waals surface area contributed by atoms with E-state index in [2.05, 4.69) is 5.32 Å². The molecule has 0 saturated heterocycles. The molecular formula is C19H19FN2O3. The molecule has 130 valence electrons. The summed E-state index contributed by atoms with van der Waals surface area (Å²) in [6, 6.07) is 11.5. The number of hydrogen-bond donors (Lipinski definition) is 1. The first-order valence-corrected chi connectivity index (χ1v) is 7.80. The average Bonchev–Trinajstić information content (AvgIpc) is 2.62. The molecule has 0 radical (unpaired) electrons. The Morgan fingerprint density at radius 2 is 2.04 bits per heavy atom. The monoisotopic (exact) mass is 342 g/mol. The first-order chi connectivity index (χ1) is 12.0. The lowest BCUT2D eigenvalue weighted by atomic mass is 10.2. The summed E-state index contributed by atoms with van der Waals surface area (Å²) in [4.78, 5) is 11.9. The fourth-order valence-corrected chi connectivity index (χ4v) is 2.17. The van der Waals surface area contributed by atoms with Crippen LogP contribution in [-0.4, -0.2) is 19.6 Å². The topological polar surface area (TPSA) is 71.3 Å². The second kappa shape index (κ2) is 8.69. The first-order valence-electron chi connectivity index (χ1n) is 7.80. The van der Waals surface area contributed by atoms with E-state index in [1.54, 1.807) is 37.3 Å². The molecule has 0 heterocycles. The lowest BCUT2D eigenvalue weighted by molar-refractivity contribution is -0.116. The van der Waals surface area contributed by atoms with Gasteiger partial charge in [0.15, 0.2) is 11.5 Å². The molecule has 0 spiro atoms. The average molecular weight is 342 g/mol. The highest BCUT2D eigenvalue weighted by molar-refractivity contribution is 5.90. The van der Waals surface area contributed by atoms with Gasteiger partial charge in [-0.15, -0.1) is 0 Å². The van der Waals surface area contributed by atoms with E-state index in [4.69, 9.17) is 14.7 Å². The van der Waals surface area contributed by atoms with Crippen LogP contribution >= 0.6 is 0 Å². The van der Waals surface area contributed by atoms with Crippen LogP contribution in [0.1, 0.15) is 24.0 Å². The van der Waals surface area contributed by atoms with E-state index in [1.165, 1.54) is 13.2 Å². The Morgan fingerprint density at radius 1 is 1.24 bits per heavy atom. The Morgan fingerprint density at radius 3 is 2.72 bits per heavy atom. The van der Waals surface area contributed by atoms with E-state index < -0.39 is 0 Å². The summed E-state index contributed by atoms with van der Waals surface area (Å²) in [5.74, 6) is 0.425. The molecule has 0 aromatic heterocycles. The molecule has 1 N–H and O–H groups in total. The maximum Gasteiger partial charge on any atom is 0.224 e. The van der Waals surface area contributed by atoms with Gasteiger partial charge in [0.25, 0.3) is 0 Å². The number of methoxy groups -OCH3 is 1. The van der Waals surface area contributed by atoms with Crippen LogP contribution in [0, 0.1) is 24.1 Å². The number of nitrogens with zero attached hydrogens (tertiary/aromatic N) is 1. The number of anilines is 1. The fraction of sp³-hybridized carbons (Fsp3) is 0.263. The summed E-state index contributed by atoms with van der Waals surface area (Å²) in [7, 11) is 1.50. The molecule has 0 saturated carbocycles. The quantitative estimate of drug-likeness (QED) is 0.777. The summed E-state index contributed by atoms with van der Waals surface area (Å²) < 4.78 is 24.2. The lowest BCUT2D eigenvalue weighted by Crippen LogP contribution is -2.13. The van der Waals surface area contributed by atoms with Crippen LogP contribution in [-0.2, 0) is 4.79 Å². The number of ether oxygens (including phenoxy) is 2. The van der Waals surface area contributed by atoms with Gasteiger partial charge in [-0.25, -0.2) is 4.39 Å². The summed E-state index contributed by atoms with van der Waals surface area (Å²) >= 11 is 0. The van der Waals surface area contributed by atoms with Gasteiger partial charge < -0.3 is 14.8 Å². The first kappa shape index (κ1) is 18.3. The van der Waals surface area contributed by atoms with Gasteiger partial charge in [0.05, 0.1) is 25.3 Å². The van der Waals surface area contributed by atoms with Gasteiger partial charge in [0.2, 0.25) is 5.91 Å². The molecule has 0 aliphatic rings. The summed E-state index contributed by atoms with van der Waals surface area (Å²) in [5.41, 5.74) is 1.44. The largest absolute Gasteiger partial charge is 0.493 e. The molecule has 25 heavy (non-hydrogen) atoms. The SMILES string of the molecule is COc1cc(C#N)ccc1OCCCC(=O)Nc1ccc(C)c(F)c1. The third-order valence-electron chi connectivity index (χ3n) is 3.55. The molecule has 0 unspecified atom stereocenters. The van der Waals surface area contributed by atoms with Crippen LogP contribution in [0.15, 0.2) is 36.4 Å². The second-order valence-electron chi connectivity index (χ2n) is 5.44. The fourth-order valence-electron chi connectivity index (χ4n) is 2.17. The summed E-state index contributed by atoms with van der Waals surface area (Å²) in [5, 5.41) is 11.5. The minimum atomic E-state index is -0.353. The minimum Gasteiger partial charge on any atom is -0.493 e. The Labute approximate surface area is 146 Å². The maximum absolute atomic E-state index is 13.4. The predicted molar refractivity (Wildman–Crippen MR) is 92.2 cm³/mol. The third kappa shape index (κ3) is 5.21. The lowest BCUT2D eigenvalue weighted by Gasteiger charge is -2.11. The Balaban J connectivity index is 1.80. The minimum absolute atomic E-state index is 0.210. The van der Waals surface area contributed by atoms with Gasteiger partial charge >= 0.3 is 0 Å². The number of amides is 1. The number of nitrogens with one attached hydrogen (secondary N) is 1. The van der Waals surface area contributed by atoms with Gasteiger partial charge in [0, 0.05) is 18.2 Å². The Kier molecular flexibility index (Phi) is 6.35. The highest BCUT2D eigenvalue weighted by atomic mass is 19.1. The van der Waals surface area contributed by atoms with E-state index in [0.717, 1.165) is 0 Å². The van der Waals surface area contributed by atoms with Gasteiger partial charge in [-0.2, -0.15) is 5.26 Å². The second-order valence-corrected chi connectivity index (χ2v) is 5.44. The standard InChI is InChI=1S/C19H19FN2O3/c1-13-5-7-15(11-16(13)20)22-19(23)4-3-9-25-17-8-6-14(12-21)10-18(17)24-2/h5-8,10-11H,3-4,9H2,1-2H3,(H,22,23). The molecule has 0 atom stereocenters. The van der Waals surface area contributed by atoms with Crippen LogP contribution < -0.4 is 14.8 Å². The molecular weight excluding hydrogens is 323 g/mol. The number of aryl methyl sites for hydroxylation is 1. The number of rotatable bonds is 7. The molecule has 0 aliphatic carbocycles. The van der Waals surface area contributed by atoms with Crippen molar-refractivity contribution in [2.24, 2.45) is 0 Å². The van der Waals surface area contributed by atoms with Crippen molar-refractivity contribution < 1.29 is 18.7 Å². The van der Waals surface area contributed by atoms with E-state index in [-0.39, 0.29) is 18.1 Å². The Bertz CT molecular complexity index is 800. The molecule has 1 amide bonds. The van der Waals surface area contributed by atoms with Crippen LogP contribution in [0.4, 0.5) is 10.1 Å². The van der Waals surface area contributed by atoms with Crippen LogP contribution in [0.2, 0.25) is 0 Å². The van der Waals surface area contributed by atoms with Crippen molar-refractivity contribution in [3.05, 3.63) is 53.3 Å². The van der Waals surface area contributed by atoms with Gasteiger partial charge in [-0.05, 0) is 43.2 Å². The number of nitriles is 1. The van der Waals surface area contributed by atoms with Crippen molar-refractivity contribution in [2.75, 3.05) is 19.0 Å². The predicted octanol–water partition coefficient (Wildman–Crippen LogP) is 3.81. The zero-order valence-corrected chi connectivity index (χ0v) is 14.1. The van der Waals surface area contributed by atoms with Crippen LogP contribution in [0.25, 0.3) is 0 Å². The zero-order chi connectivity index (χ0) is 18.2. The smallest absolute Gasteiger partial charge is 0.224 e. The number of hydrogen-bond acceptors (Lipinski definition) is 4. The van der Waals surface area contributed by atoms with Crippen LogP contribution in [0.3, 0.4) is 0 Å². The van der Waals surface area contributed by atoms with Crippen molar-refractivity contribution in [3.8, 4) is 17.6 Å². The number of benzene rings is 2. The molecule has 6 heteroatoms. The molecule has 0 aliphatic heterocycles. The van der Waals surface area contributed by atoms with Crippen molar-refractivity contribution >= 4 is 11.6 Å². The highest BCUT2D eigenvalue weighted by Crippen LogP contribution is 2.28. The Hall–Kier alpha value is -3.07. The molecule has 0 fully saturated rings. The normalized spacial score (nSPS) is 10.0. The van der Waals surface area contributed by atoms with Crippen molar-refractivity contribution in [1.82, 2.24) is 0 Å². The summed E-state index contributed by atoms with van der Waals surface area (Å²) in [6.45, 7) is 1.98.